The van der Waals surface area contributed by atoms with E-state index in [-0.39, 0.29) is 12.4 Å². The monoisotopic (exact) mass is 381 g/mol. The number of aromatic nitrogens is 2. The van der Waals surface area contributed by atoms with Gasteiger partial charge in [-0.1, -0.05) is 0 Å². The molecule has 1 aliphatic heterocycles. The minimum Gasteiger partial charge on any atom is -0.350 e. The van der Waals surface area contributed by atoms with Crippen LogP contribution in [0.1, 0.15) is 34.8 Å². The van der Waals surface area contributed by atoms with Crippen molar-refractivity contribution in [3.63, 3.8) is 0 Å². The molecule has 2 N–H and O–H groups in total. The molecule has 0 spiro atoms. The van der Waals surface area contributed by atoms with Crippen molar-refractivity contribution >= 4 is 18.3 Å². The van der Waals surface area contributed by atoms with Crippen LogP contribution in [0.5, 0.6) is 0 Å². The van der Waals surface area contributed by atoms with Gasteiger partial charge in [-0.2, -0.15) is 18.3 Å². The fourth-order valence-electron chi connectivity index (χ4n) is 3.19. The van der Waals surface area contributed by atoms with Gasteiger partial charge in [0.25, 0.3) is 5.91 Å². The number of nitrogens with one attached hydrogen (secondary N) is 2. The van der Waals surface area contributed by atoms with Crippen molar-refractivity contribution in [2.75, 3.05) is 32.7 Å². The van der Waals surface area contributed by atoms with Gasteiger partial charge >= 0.3 is 6.18 Å². The first-order valence-corrected chi connectivity index (χ1v) is 8.19. The molecule has 1 saturated carbocycles. The van der Waals surface area contributed by atoms with Gasteiger partial charge in [-0.3, -0.25) is 14.4 Å². The number of hydrogen-bond acceptors (Lipinski definition) is 4. The molecular weight excluding hydrogens is 359 g/mol. The topological polar surface area (TPSA) is 62.2 Å². The molecule has 25 heavy (non-hydrogen) atoms. The summed E-state index contributed by atoms with van der Waals surface area (Å²) in [6.45, 7) is 1.24. The summed E-state index contributed by atoms with van der Waals surface area (Å²) in [4.78, 5) is 13.7. The van der Waals surface area contributed by atoms with Gasteiger partial charge in [0, 0.05) is 45.7 Å². The summed E-state index contributed by atoms with van der Waals surface area (Å²) in [5.74, 6) is -0.181. The van der Waals surface area contributed by atoms with Crippen molar-refractivity contribution in [2.45, 2.75) is 31.0 Å². The van der Waals surface area contributed by atoms with E-state index in [9.17, 15) is 18.0 Å². The first kappa shape index (κ1) is 20.0. The highest BCUT2D eigenvalue weighted by molar-refractivity contribution is 5.95. The van der Waals surface area contributed by atoms with Gasteiger partial charge in [0.05, 0.1) is 17.5 Å². The quantitative estimate of drug-likeness (QED) is 0.806. The third-order valence-electron chi connectivity index (χ3n) is 4.62. The van der Waals surface area contributed by atoms with Crippen LogP contribution in [0.25, 0.3) is 0 Å². The van der Waals surface area contributed by atoms with Gasteiger partial charge in [0.2, 0.25) is 0 Å². The zero-order valence-electron chi connectivity index (χ0n) is 14.0. The number of alkyl halides is 3. The van der Waals surface area contributed by atoms with Crippen molar-refractivity contribution < 1.29 is 18.0 Å². The van der Waals surface area contributed by atoms with Crippen LogP contribution in [-0.4, -0.2) is 65.5 Å². The van der Waals surface area contributed by atoms with E-state index in [0.717, 1.165) is 18.5 Å². The molecule has 0 bridgehead atoms. The first-order chi connectivity index (χ1) is 11.4. The van der Waals surface area contributed by atoms with Crippen LogP contribution < -0.4 is 10.6 Å². The maximum absolute atomic E-state index is 13.3. The maximum Gasteiger partial charge on any atom is 0.405 e. The van der Waals surface area contributed by atoms with Crippen molar-refractivity contribution in [2.24, 2.45) is 7.05 Å². The van der Waals surface area contributed by atoms with Crippen LogP contribution in [0, 0.1) is 0 Å². The Morgan fingerprint density at radius 3 is 2.60 bits per heavy atom. The molecule has 10 heteroatoms. The number of carbonyl (C=O) groups is 1. The van der Waals surface area contributed by atoms with Gasteiger partial charge in [-0.15, -0.1) is 12.4 Å². The predicted molar refractivity (Wildman–Crippen MR) is 89.0 cm³/mol. The fraction of sp³-hybridized carbons (Fsp3) is 0.733. The Morgan fingerprint density at radius 1 is 1.40 bits per heavy atom. The molecule has 6 nitrogen and oxygen atoms in total. The highest BCUT2D eigenvalue weighted by atomic mass is 35.5. The molecular formula is C15H23ClF3N5O. The molecule has 1 aromatic rings. The Balaban J connectivity index is 0.00000225. The second-order valence-corrected chi connectivity index (χ2v) is 6.39. The Morgan fingerprint density at radius 2 is 2.04 bits per heavy atom. The summed E-state index contributed by atoms with van der Waals surface area (Å²) >= 11 is 0. The largest absolute Gasteiger partial charge is 0.405 e. The van der Waals surface area contributed by atoms with Crippen LogP contribution in [0.2, 0.25) is 0 Å². The third kappa shape index (κ3) is 4.65. The van der Waals surface area contributed by atoms with Crippen LogP contribution in [0.15, 0.2) is 6.20 Å². The second-order valence-electron chi connectivity index (χ2n) is 6.39. The zero-order chi connectivity index (χ0) is 17.3. The lowest BCUT2D eigenvalue weighted by Gasteiger charge is -2.35. The van der Waals surface area contributed by atoms with Crippen molar-refractivity contribution in [3.8, 4) is 0 Å². The number of rotatable bonds is 5. The summed E-state index contributed by atoms with van der Waals surface area (Å²) in [7, 11) is 1.75. The number of nitrogens with zero attached hydrogens (tertiary/aromatic N) is 3. The van der Waals surface area contributed by atoms with E-state index in [2.05, 4.69) is 15.7 Å². The summed E-state index contributed by atoms with van der Waals surface area (Å²) < 4.78 is 41.7. The average molecular weight is 382 g/mol. The normalized spacial score (nSPS) is 20.0. The molecule has 1 saturated heterocycles. The van der Waals surface area contributed by atoms with E-state index in [1.807, 2.05) is 0 Å². The molecule has 1 aromatic heterocycles. The Bertz CT molecular complexity index is 596. The second kappa shape index (κ2) is 7.92. The minimum atomic E-state index is -4.38. The smallest absolute Gasteiger partial charge is 0.350 e. The molecule has 0 aromatic carbocycles. The summed E-state index contributed by atoms with van der Waals surface area (Å²) in [5, 5.41) is 9.58. The lowest BCUT2D eigenvalue weighted by molar-refractivity contribution is -0.183. The molecule has 1 atom stereocenters. The van der Waals surface area contributed by atoms with Gasteiger partial charge in [0.15, 0.2) is 0 Å². The van der Waals surface area contributed by atoms with Crippen LogP contribution >= 0.6 is 12.4 Å². The Hall–Kier alpha value is -1.32. The molecule has 1 unspecified atom stereocenters. The Kier molecular flexibility index (Phi) is 6.34. The Labute approximate surface area is 150 Å². The molecule has 3 rings (SSSR count). The molecule has 1 amide bonds. The predicted octanol–water partition coefficient (Wildman–Crippen LogP) is 1.29. The van der Waals surface area contributed by atoms with E-state index < -0.39 is 24.7 Å². The van der Waals surface area contributed by atoms with Gasteiger partial charge < -0.3 is 10.6 Å². The lowest BCUT2D eigenvalue weighted by atomic mass is 10.1. The summed E-state index contributed by atoms with van der Waals surface area (Å²) in [6.07, 6.45) is -0.952. The van der Waals surface area contributed by atoms with Crippen molar-refractivity contribution in [1.82, 2.24) is 25.3 Å². The molecule has 142 valence electrons. The van der Waals surface area contributed by atoms with E-state index in [1.54, 1.807) is 11.7 Å². The third-order valence-corrected chi connectivity index (χ3v) is 4.62. The number of halogens is 4. The van der Waals surface area contributed by atoms with Gasteiger partial charge in [0.1, 0.15) is 6.04 Å². The van der Waals surface area contributed by atoms with E-state index in [0.29, 0.717) is 37.7 Å². The van der Waals surface area contributed by atoms with Gasteiger partial charge in [-0.25, -0.2) is 0 Å². The van der Waals surface area contributed by atoms with Gasteiger partial charge in [-0.05, 0) is 12.8 Å². The zero-order valence-corrected chi connectivity index (χ0v) is 14.8. The summed E-state index contributed by atoms with van der Waals surface area (Å²) in [6, 6.07) is -1.66. The van der Waals surface area contributed by atoms with Crippen LogP contribution in [-0.2, 0) is 7.05 Å². The molecule has 1 aliphatic carbocycles. The lowest BCUT2D eigenvalue weighted by Crippen LogP contribution is -2.57. The van der Waals surface area contributed by atoms with Crippen LogP contribution in [0.4, 0.5) is 13.2 Å². The van der Waals surface area contributed by atoms with E-state index in [4.69, 9.17) is 0 Å². The molecule has 2 fully saturated rings. The fourth-order valence-corrected chi connectivity index (χ4v) is 3.19. The van der Waals surface area contributed by atoms with Crippen LogP contribution in [0.3, 0.4) is 0 Å². The standard InChI is InChI=1S/C15H22F3N5O.ClH/c1-22-13(10-2-3-10)11(8-21-22)14(24)20-9-12(15(16,17)18)23-6-4-19-5-7-23;/h8,10,12,19H,2-7,9H2,1H3,(H,20,24);1H. The first-order valence-electron chi connectivity index (χ1n) is 8.19. The SMILES string of the molecule is Cl.Cn1ncc(C(=O)NCC(N2CCNCC2)C(F)(F)F)c1C1CC1. The number of amides is 1. The highest BCUT2D eigenvalue weighted by Crippen LogP contribution is 2.41. The van der Waals surface area contributed by atoms with Crippen molar-refractivity contribution in [3.05, 3.63) is 17.5 Å². The van der Waals surface area contributed by atoms with Crippen molar-refractivity contribution in [1.29, 1.82) is 0 Å². The highest BCUT2D eigenvalue weighted by Gasteiger charge is 2.44. The van der Waals surface area contributed by atoms with E-state index in [1.165, 1.54) is 11.1 Å². The minimum absolute atomic E-state index is 0. The average Bonchev–Trinajstić information content (AvgIpc) is 3.29. The molecule has 2 aliphatic rings. The number of hydrogen-bond donors (Lipinski definition) is 2. The maximum atomic E-state index is 13.3. The number of piperazine rings is 1. The summed E-state index contributed by atoms with van der Waals surface area (Å²) in [5.41, 5.74) is 1.21. The molecule has 0 radical (unpaired) electrons. The molecule has 2 heterocycles. The number of aryl methyl sites for hydroxylation is 1. The van der Waals surface area contributed by atoms with E-state index >= 15 is 0 Å². The number of carbonyl (C=O) groups excluding carboxylic acids is 1.